The maximum Gasteiger partial charge on any atom is 0.343 e. The van der Waals surface area contributed by atoms with Gasteiger partial charge in [-0.15, -0.1) is 0 Å². The van der Waals surface area contributed by atoms with E-state index in [4.69, 9.17) is 14.2 Å². The Bertz CT molecular complexity index is 852. The van der Waals surface area contributed by atoms with Gasteiger partial charge >= 0.3 is 5.97 Å². The van der Waals surface area contributed by atoms with Crippen molar-refractivity contribution in [2.24, 2.45) is 0 Å². The summed E-state index contributed by atoms with van der Waals surface area (Å²) in [6.07, 6.45) is 3.03. The summed E-state index contributed by atoms with van der Waals surface area (Å²) in [4.78, 5) is 12.1. The normalized spacial score (nSPS) is 15.2. The van der Waals surface area contributed by atoms with E-state index in [0.717, 1.165) is 0 Å². The van der Waals surface area contributed by atoms with Crippen LogP contribution >= 0.6 is 0 Å². The predicted molar refractivity (Wildman–Crippen MR) is 88.0 cm³/mol. The van der Waals surface area contributed by atoms with Crippen LogP contribution in [-0.4, -0.2) is 20.2 Å². The van der Waals surface area contributed by atoms with Gasteiger partial charge in [-0.1, -0.05) is 18.2 Å². The van der Waals surface area contributed by atoms with E-state index in [1.54, 1.807) is 49.6 Å². The highest BCUT2D eigenvalue weighted by molar-refractivity contribution is 6.05. The molecule has 0 saturated carbocycles. The maximum absolute atomic E-state index is 13.7. The fraction of sp³-hybridized carbons (Fsp3) is 0.105. The molecule has 0 unspecified atom stereocenters. The summed E-state index contributed by atoms with van der Waals surface area (Å²) in [7, 11) is 3.07. The van der Waals surface area contributed by atoms with Crippen molar-refractivity contribution in [2.75, 3.05) is 14.2 Å². The molecule has 1 heterocycles. The van der Waals surface area contributed by atoms with Crippen molar-refractivity contribution in [1.29, 1.82) is 0 Å². The lowest BCUT2D eigenvalue weighted by Crippen LogP contribution is -1.99. The third-order valence-electron chi connectivity index (χ3n) is 3.62. The predicted octanol–water partition coefficient (Wildman–Crippen LogP) is 3.82. The number of carbonyl (C=O) groups excluding carboxylic acids is 1. The lowest BCUT2D eigenvalue weighted by Gasteiger charge is -2.10. The molecule has 0 aromatic heterocycles. The number of esters is 1. The average molecular weight is 326 g/mol. The monoisotopic (exact) mass is 326 g/mol. The smallest absolute Gasteiger partial charge is 0.343 e. The summed E-state index contributed by atoms with van der Waals surface area (Å²) < 4.78 is 29.5. The molecule has 0 saturated heterocycles. The Morgan fingerprint density at radius 3 is 2.58 bits per heavy atom. The van der Waals surface area contributed by atoms with Crippen molar-refractivity contribution >= 4 is 17.8 Å². The molecule has 0 radical (unpaired) electrons. The molecule has 0 atom stereocenters. The van der Waals surface area contributed by atoms with Crippen LogP contribution < -0.4 is 9.47 Å². The first-order valence-corrected chi connectivity index (χ1v) is 7.25. The number of cyclic esters (lactones) is 1. The lowest BCUT2D eigenvalue weighted by molar-refractivity contribution is -0.130. The molecular weight excluding hydrogens is 311 g/mol. The number of methoxy groups -OCH3 is 2. The molecule has 5 heteroatoms. The Labute approximate surface area is 138 Å². The molecule has 2 aromatic carbocycles. The van der Waals surface area contributed by atoms with E-state index in [-0.39, 0.29) is 5.57 Å². The minimum absolute atomic E-state index is 0.271. The second-order valence-electron chi connectivity index (χ2n) is 5.09. The molecule has 0 fully saturated rings. The summed E-state index contributed by atoms with van der Waals surface area (Å²) >= 11 is 0. The van der Waals surface area contributed by atoms with Crippen molar-refractivity contribution in [3.63, 3.8) is 0 Å². The molecule has 2 aromatic rings. The molecule has 3 rings (SSSR count). The summed E-state index contributed by atoms with van der Waals surface area (Å²) in [6.45, 7) is 0. The van der Waals surface area contributed by atoms with E-state index >= 15 is 0 Å². The van der Waals surface area contributed by atoms with E-state index in [1.165, 1.54) is 19.3 Å². The third-order valence-corrected chi connectivity index (χ3v) is 3.62. The Morgan fingerprint density at radius 2 is 1.88 bits per heavy atom. The van der Waals surface area contributed by atoms with Crippen LogP contribution in [0.4, 0.5) is 4.39 Å². The Morgan fingerprint density at radius 1 is 1.08 bits per heavy atom. The average Bonchev–Trinajstić information content (AvgIpc) is 2.96. The minimum atomic E-state index is -0.536. The van der Waals surface area contributed by atoms with Crippen molar-refractivity contribution < 1.29 is 23.4 Å². The summed E-state index contributed by atoms with van der Waals surface area (Å²) in [5.41, 5.74) is 1.21. The number of benzene rings is 2. The first-order chi connectivity index (χ1) is 11.6. The molecule has 0 spiro atoms. The van der Waals surface area contributed by atoms with Gasteiger partial charge in [-0.05, 0) is 30.4 Å². The van der Waals surface area contributed by atoms with Crippen molar-refractivity contribution in [1.82, 2.24) is 0 Å². The van der Waals surface area contributed by atoms with Gasteiger partial charge in [-0.3, -0.25) is 0 Å². The number of hydrogen-bond acceptors (Lipinski definition) is 4. The fourth-order valence-corrected chi connectivity index (χ4v) is 2.38. The van der Waals surface area contributed by atoms with Gasteiger partial charge in [-0.25, -0.2) is 9.18 Å². The van der Waals surface area contributed by atoms with Crippen LogP contribution in [-0.2, 0) is 9.53 Å². The van der Waals surface area contributed by atoms with Crippen LogP contribution in [0, 0.1) is 5.82 Å². The van der Waals surface area contributed by atoms with E-state index in [0.29, 0.717) is 28.4 Å². The van der Waals surface area contributed by atoms with Crippen molar-refractivity contribution in [3.8, 4) is 11.5 Å². The molecule has 0 N–H and O–H groups in total. The zero-order valence-corrected chi connectivity index (χ0v) is 13.2. The van der Waals surface area contributed by atoms with Crippen LogP contribution in [0.15, 0.2) is 54.1 Å². The highest BCUT2D eigenvalue weighted by Crippen LogP contribution is 2.35. The van der Waals surface area contributed by atoms with Crippen LogP contribution in [0.1, 0.15) is 11.1 Å². The van der Waals surface area contributed by atoms with Crippen molar-refractivity contribution in [3.05, 3.63) is 71.1 Å². The number of rotatable bonds is 4. The number of carbonyl (C=O) groups is 1. The van der Waals surface area contributed by atoms with Gasteiger partial charge < -0.3 is 14.2 Å². The minimum Gasteiger partial charge on any atom is -0.497 e. The zero-order valence-electron chi connectivity index (χ0n) is 13.2. The van der Waals surface area contributed by atoms with Gasteiger partial charge in [0, 0.05) is 11.6 Å². The molecule has 0 bridgehead atoms. The van der Waals surface area contributed by atoms with Gasteiger partial charge in [0.15, 0.2) is 0 Å². The molecule has 0 amide bonds. The maximum atomic E-state index is 13.7. The van der Waals surface area contributed by atoms with Gasteiger partial charge in [0.2, 0.25) is 0 Å². The first kappa shape index (κ1) is 15.8. The standard InChI is InChI=1S/C19H15FO4/c1-22-14-7-8-15(17(11-14)23-2)18-10-13(19(21)24-18)9-12-5-3-4-6-16(12)20/h3-11H,1-2H3. The first-order valence-electron chi connectivity index (χ1n) is 7.25. The summed E-state index contributed by atoms with van der Waals surface area (Å²) in [5, 5.41) is 0. The van der Waals surface area contributed by atoms with E-state index in [2.05, 4.69) is 0 Å². The van der Waals surface area contributed by atoms with Gasteiger partial charge in [-0.2, -0.15) is 0 Å². The van der Waals surface area contributed by atoms with Crippen LogP contribution in [0.3, 0.4) is 0 Å². The second-order valence-corrected chi connectivity index (χ2v) is 5.09. The molecule has 1 aliphatic heterocycles. The number of ether oxygens (including phenoxy) is 3. The SMILES string of the molecule is COc1ccc(C2=CC(=Cc3ccccc3F)C(=O)O2)c(OC)c1. The number of hydrogen-bond donors (Lipinski definition) is 0. The molecule has 0 aliphatic carbocycles. The number of halogens is 1. The molecule has 4 nitrogen and oxygen atoms in total. The highest BCUT2D eigenvalue weighted by atomic mass is 19.1. The van der Waals surface area contributed by atoms with Gasteiger partial charge in [0.1, 0.15) is 23.1 Å². The summed E-state index contributed by atoms with van der Waals surface area (Å²) in [5.74, 6) is 0.554. The quantitative estimate of drug-likeness (QED) is 0.633. The molecule has 122 valence electrons. The summed E-state index contributed by atoms with van der Waals surface area (Å²) in [6, 6.07) is 11.4. The van der Waals surface area contributed by atoms with Crippen LogP contribution in [0.2, 0.25) is 0 Å². The lowest BCUT2D eigenvalue weighted by atomic mass is 10.1. The van der Waals surface area contributed by atoms with Gasteiger partial charge in [0.25, 0.3) is 0 Å². The highest BCUT2D eigenvalue weighted by Gasteiger charge is 2.24. The van der Waals surface area contributed by atoms with Gasteiger partial charge in [0.05, 0.1) is 25.4 Å². The zero-order chi connectivity index (χ0) is 17.1. The Kier molecular flexibility index (Phi) is 4.33. The van der Waals surface area contributed by atoms with E-state index in [9.17, 15) is 9.18 Å². The van der Waals surface area contributed by atoms with Crippen LogP contribution in [0.25, 0.3) is 11.8 Å². The van der Waals surface area contributed by atoms with E-state index in [1.807, 2.05) is 0 Å². The third kappa shape index (κ3) is 3.01. The Balaban J connectivity index is 1.99. The second kappa shape index (κ2) is 6.58. The van der Waals surface area contributed by atoms with Crippen LogP contribution in [0.5, 0.6) is 11.5 Å². The molecular formula is C19H15FO4. The topological polar surface area (TPSA) is 44.8 Å². The molecule has 1 aliphatic rings. The largest absolute Gasteiger partial charge is 0.497 e. The van der Waals surface area contributed by atoms with E-state index < -0.39 is 11.8 Å². The molecule has 24 heavy (non-hydrogen) atoms. The Hall–Kier alpha value is -3.08. The fourth-order valence-electron chi connectivity index (χ4n) is 2.38. The van der Waals surface area contributed by atoms with Crippen molar-refractivity contribution in [2.45, 2.75) is 0 Å².